The van der Waals surface area contributed by atoms with E-state index in [1.54, 1.807) is 0 Å². The first-order valence-electron chi connectivity index (χ1n) is 11.9. The standard InChI is InChI=1S/C29H32N2O/c32-29(27-14-8-7-13-24(27)17-22-9-3-1-4-10-22)30-18-28-25-15-16-26(28)21-31(20-25)19-23-11-5-2-6-12-23/h1-14,25-26,28H,15-21H2,(H,30,32). The molecule has 5 rings (SSSR count). The number of carbonyl (C=O) groups is 1. The average Bonchev–Trinajstić information content (AvgIpc) is 3.07. The minimum Gasteiger partial charge on any atom is -0.352 e. The lowest BCUT2D eigenvalue weighted by Gasteiger charge is -2.38. The van der Waals surface area contributed by atoms with Gasteiger partial charge in [-0.1, -0.05) is 78.9 Å². The fraction of sp³-hybridized carbons (Fsp3) is 0.345. The largest absolute Gasteiger partial charge is 0.352 e. The summed E-state index contributed by atoms with van der Waals surface area (Å²) in [4.78, 5) is 15.7. The third-order valence-electron chi connectivity index (χ3n) is 7.35. The molecule has 32 heavy (non-hydrogen) atoms. The fourth-order valence-corrected chi connectivity index (χ4v) is 5.75. The van der Waals surface area contributed by atoms with E-state index in [9.17, 15) is 4.79 Å². The van der Waals surface area contributed by atoms with Crippen molar-refractivity contribution in [2.75, 3.05) is 19.6 Å². The van der Waals surface area contributed by atoms with E-state index in [-0.39, 0.29) is 5.91 Å². The second-order valence-corrected chi connectivity index (χ2v) is 9.47. The molecule has 1 aliphatic carbocycles. The number of rotatable bonds is 7. The highest BCUT2D eigenvalue weighted by molar-refractivity contribution is 5.95. The molecule has 3 nitrogen and oxygen atoms in total. The number of amides is 1. The van der Waals surface area contributed by atoms with Gasteiger partial charge in [-0.05, 0) is 59.8 Å². The third-order valence-corrected chi connectivity index (χ3v) is 7.35. The Morgan fingerprint density at radius 2 is 1.38 bits per heavy atom. The van der Waals surface area contributed by atoms with Gasteiger partial charge in [0.05, 0.1) is 0 Å². The highest BCUT2D eigenvalue weighted by Crippen LogP contribution is 2.42. The molecule has 2 aliphatic rings. The Hall–Kier alpha value is -2.91. The van der Waals surface area contributed by atoms with Crippen LogP contribution in [0.1, 0.15) is 39.9 Å². The van der Waals surface area contributed by atoms with Crippen LogP contribution >= 0.6 is 0 Å². The predicted octanol–water partition coefficient (Wildman–Crippen LogP) is 5.17. The normalized spacial score (nSPS) is 22.6. The van der Waals surface area contributed by atoms with Gasteiger partial charge in [-0.15, -0.1) is 0 Å². The van der Waals surface area contributed by atoms with Crippen LogP contribution in [0.2, 0.25) is 0 Å². The Labute approximate surface area is 191 Å². The number of nitrogens with one attached hydrogen (secondary N) is 1. The summed E-state index contributed by atoms with van der Waals surface area (Å²) in [5.41, 5.74) is 4.53. The van der Waals surface area contributed by atoms with Crippen molar-refractivity contribution in [1.82, 2.24) is 10.2 Å². The molecule has 3 heteroatoms. The fourth-order valence-electron chi connectivity index (χ4n) is 5.75. The summed E-state index contributed by atoms with van der Waals surface area (Å²) < 4.78 is 0. The van der Waals surface area contributed by atoms with E-state index in [4.69, 9.17) is 0 Å². The van der Waals surface area contributed by atoms with Crippen molar-refractivity contribution < 1.29 is 4.79 Å². The van der Waals surface area contributed by atoms with Gasteiger partial charge in [0.15, 0.2) is 0 Å². The van der Waals surface area contributed by atoms with Gasteiger partial charge in [-0.2, -0.15) is 0 Å². The first-order valence-corrected chi connectivity index (χ1v) is 11.9. The molecule has 3 aromatic rings. The first kappa shape index (κ1) is 21.0. The molecule has 1 N–H and O–H groups in total. The lowest BCUT2D eigenvalue weighted by atomic mass is 9.84. The molecule has 0 spiro atoms. The summed E-state index contributed by atoms with van der Waals surface area (Å²) in [5.74, 6) is 2.06. The zero-order chi connectivity index (χ0) is 21.8. The Kier molecular flexibility index (Phi) is 6.36. The van der Waals surface area contributed by atoms with Crippen LogP contribution in [0.5, 0.6) is 0 Å². The van der Waals surface area contributed by atoms with Crippen molar-refractivity contribution in [3.05, 3.63) is 107 Å². The lowest BCUT2D eigenvalue weighted by molar-refractivity contribution is 0.0856. The van der Waals surface area contributed by atoms with Crippen LogP contribution in [0.3, 0.4) is 0 Å². The number of piperidine rings is 1. The smallest absolute Gasteiger partial charge is 0.251 e. The summed E-state index contributed by atoms with van der Waals surface area (Å²) in [6, 6.07) is 29.2. The van der Waals surface area contributed by atoms with Crippen LogP contribution in [0.15, 0.2) is 84.9 Å². The van der Waals surface area contributed by atoms with Gasteiger partial charge >= 0.3 is 0 Å². The second-order valence-electron chi connectivity index (χ2n) is 9.47. The first-order chi connectivity index (χ1) is 15.8. The predicted molar refractivity (Wildman–Crippen MR) is 129 cm³/mol. The number of likely N-dealkylation sites (tertiary alicyclic amines) is 1. The number of fused-ring (bicyclic) bond motifs is 2. The van der Waals surface area contributed by atoms with Crippen LogP contribution in [-0.4, -0.2) is 30.4 Å². The van der Waals surface area contributed by atoms with E-state index in [1.165, 1.54) is 24.0 Å². The molecular formula is C29H32N2O. The van der Waals surface area contributed by atoms with Crippen molar-refractivity contribution in [3.8, 4) is 0 Å². The second kappa shape index (κ2) is 9.70. The lowest BCUT2D eigenvalue weighted by Crippen LogP contribution is -2.45. The summed E-state index contributed by atoms with van der Waals surface area (Å²) in [6.45, 7) is 4.14. The Bertz CT molecular complexity index is 1020. The maximum Gasteiger partial charge on any atom is 0.251 e. The number of nitrogens with zero attached hydrogens (tertiary/aromatic N) is 1. The van der Waals surface area contributed by atoms with Gasteiger partial charge in [0.2, 0.25) is 0 Å². The Morgan fingerprint density at radius 3 is 2.06 bits per heavy atom. The van der Waals surface area contributed by atoms with Gasteiger partial charge in [0.1, 0.15) is 0 Å². The summed E-state index contributed by atoms with van der Waals surface area (Å²) >= 11 is 0. The molecule has 2 bridgehead atoms. The van der Waals surface area contributed by atoms with Crippen LogP contribution in [0.4, 0.5) is 0 Å². The molecular weight excluding hydrogens is 392 g/mol. The molecule has 0 radical (unpaired) electrons. The summed E-state index contributed by atoms with van der Waals surface area (Å²) in [5, 5.41) is 3.30. The average molecular weight is 425 g/mol. The Balaban J connectivity index is 1.19. The molecule has 0 aromatic heterocycles. The van der Waals surface area contributed by atoms with Crippen LogP contribution in [0.25, 0.3) is 0 Å². The summed E-state index contributed by atoms with van der Waals surface area (Å²) in [7, 11) is 0. The van der Waals surface area contributed by atoms with Crippen molar-refractivity contribution in [2.24, 2.45) is 17.8 Å². The zero-order valence-corrected chi connectivity index (χ0v) is 18.6. The van der Waals surface area contributed by atoms with Gasteiger partial charge in [0.25, 0.3) is 5.91 Å². The van der Waals surface area contributed by atoms with Crippen LogP contribution in [-0.2, 0) is 13.0 Å². The van der Waals surface area contributed by atoms with Crippen LogP contribution < -0.4 is 5.32 Å². The van der Waals surface area contributed by atoms with Crippen molar-refractivity contribution in [2.45, 2.75) is 25.8 Å². The summed E-state index contributed by atoms with van der Waals surface area (Å²) in [6.07, 6.45) is 3.37. The molecule has 2 atom stereocenters. The maximum absolute atomic E-state index is 13.1. The SMILES string of the molecule is O=C(NCC1C2CCC1CN(Cc1ccccc1)C2)c1ccccc1Cc1ccccc1. The van der Waals surface area contributed by atoms with E-state index in [1.807, 2.05) is 24.3 Å². The van der Waals surface area contributed by atoms with E-state index >= 15 is 0 Å². The van der Waals surface area contributed by atoms with E-state index in [0.717, 1.165) is 43.7 Å². The number of hydrogen-bond acceptors (Lipinski definition) is 2. The third kappa shape index (κ3) is 4.78. The molecule has 2 fully saturated rings. The molecule has 1 amide bonds. The van der Waals surface area contributed by atoms with E-state index in [2.05, 4.69) is 70.9 Å². The number of benzene rings is 3. The van der Waals surface area contributed by atoms with E-state index in [0.29, 0.717) is 17.8 Å². The van der Waals surface area contributed by atoms with E-state index < -0.39 is 0 Å². The molecule has 1 heterocycles. The quantitative estimate of drug-likeness (QED) is 0.568. The highest BCUT2D eigenvalue weighted by atomic mass is 16.1. The molecule has 164 valence electrons. The molecule has 1 saturated carbocycles. The minimum atomic E-state index is 0.0719. The molecule has 1 saturated heterocycles. The molecule has 1 aliphatic heterocycles. The number of carbonyl (C=O) groups excluding carboxylic acids is 1. The van der Waals surface area contributed by atoms with Gasteiger partial charge in [0, 0.05) is 31.7 Å². The Morgan fingerprint density at radius 1 is 0.781 bits per heavy atom. The van der Waals surface area contributed by atoms with Gasteiger partial charge in [-0.3, -0.25) is 9.69 Å². The van der Waals surface area contributed by atoms with Crippen molar-refractivity contribution >= 4 is 5.91 Å². The maximum atomic E-state index is 13.1. The monoisotopic (exact) mass is 424 g/mol. The van der Waals surface area contributed by atoms with Gasteiger partial charge in [-0.25, -0.2) is 0 Å². The van der Waals surface area contributed by atoms with Crippen molar-refractivity contribution in [1.29, 1.82) is 0 Å². The number of hydrogen-bond donors (Lipinski definition) is 1. The van der Waals surface area contributed by atoms with Crippen LogP contribution in [0, 0.1) is 17.8 Å². The van der Waals surface area contributed by atoms with Gasteiger partial charge < -0.3 is 5.32 Å². The highest BCUT2D eigenvalue weighted by Gasteiger charge is 2.41. The minimum absolute atomic E-state index is 0.0719. The topological polar surface area (TPSA) is 32.3 Å². The molecule has 3 aromatic carbocycles. The molecule has 2 unspecified atom stereocenters. The zero-order valence-electron chi connectivity index (χ0n) is 18.6. The van der Waals surface area contributed by atoms with Crippen molar-refractivity contribution in [3.63, 3.8) is 0 Å².